The molecule has 1 aromatic heterocycles. The van der Waals surface area contributed by atoms with Gasteiger partial charge < -0.3 is 4.57 Å². The number of benzene rings is 2. The molecule has 0 saturated carbocycles. The van der Waals surface area contributed by atoms with E-state index in [1.165, 1.54) is 59.2 Å². The van der Waals surface area contributed by atoms with Gasteiger partial charge in [-0.15, -0.1) is 0 Å². The molecule has 0 bridgehead atoms. The molecule has 30 heavy (non-hydrogen) atoms. The molecule has 3 heterocycles. The highest BCUT2D eigenvalue weighted by Crippen LogP contribution is 2.44. The molecule has 2 aliphatic heterocycles. The molecule has 0 spiro atoms. The lowest BCUT2D eigenvalue weighted by Gasteiger charge is -2.32. The number of rotatable bonds is 4. The molecule has 2 aliphatic rings. The maximum Gasteiger partial charge on any atom is 0.123 e. The maximum absolute atomic E-state index is 13.5. The van der Waals surface area contributed by atoms with E-state index in [0.717, 1.165) is 18.5 Å². The SMILES string of the molecule is Cc1ccc2c(c1)c1c(n2CC(C)(N=[N+]=[N-])c2ccc(F)cc2)CCN2CCCC12. The van der Waals surface area contributed by atoms with Gasteiger partial charge in [-0.25, -0.2) is 4.39 Å². The van der Waals surface area contributed by atoms with Crippen molar-refractivity contribution in [3.05, 3.63) is 81.1 Å². The summed E-state index contributed by atoms with van der Waals surface area (Å²) in [6.45, 7) is 6.86. The summed E-state index contributed by atoms with van der Waals surface area (Å²) in [4.78, 5) is 5.77. The van der Waals surface area contributed by atoms with Crippen molar-refractivity contribution in [2.24, 2.45) is 5.11 Å². The van der Waals surface area contributed by atoms with Crippen LogP contribution in [0, 0.1) is 12.7 Å². The predicted octanol–water partition coefficient (Wildman–Crippen LogP) is 6.01. The van der Waals surface area contributed by atoms with Crippen LogP contribution in [0.1, 0.15) is 48.2 Å². The summed E-state index contributed by atoms with van der Waals surface area (Å²) in [5.41, 5.74) is 14.6. The van der Waals surface area contributed by atoms with E-state index in [4.69, 9.17) is 0 Å². The zero-order valence-corrected chi connectivity index (χ0v) is 17.5. The Morgan fingerprint density at radius 2 is 2.00 bits per heavy atom. The van der Waals surface area contributed by atoms with Crippen LogP contribution in [-0.2, 0) is 18.5 Å². The van der Waals surface area contributed by atoms with E-state index < -0.39 is 5.54 Å². The molecule has 2 aromatic carbocycles. The van der Waals surface area contributed by atoms with E-state index >= 15 is 0 Å². The second-order valence-electron chi connectivity index (χ2n) is 8.88. The smallest absolute Gasteiger partial charge is 0.123 e. The van der Waals surface area contributed by atoms with Crippen LogP contribution in [0.25, 0.3) is 21.3 Å². The van der Waals surface area contributed by atoms with E-state index in [2.05, 4.69) is 44.6 Å². The molecular weight excluding hydrogens is 377 g/mol. The minimum Gasteiger partial charge on any atom is -0.343 e. The quantitative estimate of drug-likeness (QED) is 0.299. The van der Waals surface area contributed by atoms with Crippen LogP contribution in [0.2, 0.25) is 0 Å². The van der Waals surface area contributed by atoms with E-state index in [1.807, 2.05) is 6.92 Å². The van der Waals surface area contributed by atoms with Crippen LogP contribution in [0.5, 0.6) is 0 Å². The van der Waals surface area contributed by atoms with Crippen LogP contribution in [0.4, 0.5) is 4.39 Å². The molecule has 0 amide bonds. The second-order valence-corrected chi connectivity index (χ2v) is 8.88. The van der Waals surface area contributed by atoms with Gasteiger partial charge in [0.25, 0.3) is 0 Å². The summed E-state index contributed by atoms with van der Waals surface area (Å²) in [5, 5.41) is 5.52. The van der Waals surface area contributed by atoms with E-state index in [9.17, 15) is 9.92 Å². The Morgan fingerprint density at radius 1 is 1.20 bits per heavy atom. The first kappa shape index (κ1) is 19.2. The van der Waals surface area contributed by atoms with Crippen molar-refractivity contribution in [2.45, 2.75) is 51.2 Å². The Labute approximate surface area is 175 Å². The van der Waals surface area contributed by atoms with Crippen LogP contribution in [-0.4, -0.2) is 22.6 Å². The average molecular weight is 404 g/mol. The Bertz CT molecular complexity index is 1160. The molecule has 6 heteroatoms. The average Bonchev–Trinajstić information content (AvgIpc) is 3.31. The number of aryl methyl sites for hydroxylation is 1. The van der Waals surface area contributed by atoms with Gasteiger partial charge in [0.1, 0.15) is 5.82 Å². The summed E-state index contributed by atoms with van der Waals surface area (Å²) in [5.74, 6) is -0.289. The number of aromatic nitrogens is 1. The highest BCUT2D eigenvalue weighted by Gasteiger charge is 2.37. The molecule has 2 atom stereocenters. The number of hydrogen-bond acceptors (Lipinski definition) is 2. The molecule has 3 aromatic rings. The molecule has 154 valence electrons. The van der Waals surface area contributed by atoms with Crippen molar-refractivity contribution in [3.63, 3.8) is 0 Å². The van der Waals surface area contributed by atoms with Crippen molar-refractivity contribution in [1.82, 2.24) is 9.47 Å². The van der Waals surface area contributed by atoms with E-state index in [1.54, 1.807) is 12.1 Å². The molecule has 1 saturated heterocycles. The van der Waals surface area contributed by atoms with Crippen LogP contribution in [0.15, 0.2) is 47.6 Å². The van der Waals surface area contributed by atoms with Gasteiger partial charge in [-0.2, -0.15) is 0 Å². The zero-order chi connectivity index (χ0) is 20.9. The molecule has 2 unspecified atom stereocenters. The van der Waals surface area contributed by atoms with Gasteiger partial charge in [-0.1, -0.05) is 28.9 Å². The van der Waals surface area contributed by atoms with Crippen molar-refractivity contribution in [1.29, 1.82) is 0 Å². The fourth-order valence-corrected chi connectivity index (χ4v) is 5.44. The van der Waals surface area contributed by atoms with E-state index in [0.29, 0.717) is 12.6 Å². The van der Waals surface area contributed by atoms with Gasteiger partial charge >= 0.3 is 0 Å². The van der Waals surface area contributed by atoms with Crippen LogP contribution >= 0.6 is 0 Å². The highest BCUT2D eigenvalue weighted by atomic mass is 19.1. The Kier molecular flexibility index (Phi) is 4.57. The first-order valence-electron chi connectivity index (χ1n) is 10.7. The van der Waals surface area contributed by atoms with Gasteiger partial charge in [-0.05, 0) is 74.2 Å². The summed E-state index contributed by atoms with van der Waals surface area (Å²) in [6, 6.07) is 13.5. The number of azide groups is 1. The van der Waals surface area contributed by atoms with Gasteiger partial charge in [0.05, 0.1) is 5.54 Å². The largest absolute Gasteiger partial charge is 0.343 e. The van der Waals surface area contributed by atoms with Crippen molar-refractivity contribution in [2.75, 3.05) is 13.1 Å². The topological polar surface area (TPSA) is 56.9 Å². The maximum atomic E-state index is 13.5. The number of nitrogens with zero attached hydrogens (tertiary/aromatic N) is 5. The monoisotopic (exact) mass is 403 g/mol. The third kappa shape index (κ3) is 2.99. The molecule has 0 N–H and O–H groups in total. The summed E-state index contributed by atoms with van der Waals surface area (Å²) in [7, 11) is 0. The van der Waals surface area contributed by atoms with Gasteiger partial charge in [0.2, 0.25) is 0 Å². The molecule has 0 radical (unpaired) electrons. The lowest BCUT2D eigenvalue weighted by atomic mass is 9.92. The van der Waals surface area contributed by atoms with Gasteiger partial charge in [0.15, 0.2) is 0 Å². The van der Waals surface area contributed by atoms with Crippen molar-refractivity contribution >= 4 is 10.9 Å². The first-order chi connectivity index (χ1) is 14.5. The second kappa shape index (κ2) is 7.15. The normalized spacial score (nSPS) is 20.4. The summed E-state index contributed by atoms with van der Waals surface area (Å²) >= 11 is 0. The van der Waals surface area contributed by atoms with Crippen LogP contribution in [0.3, 0.4) is 0 Å². The molecule has 5 rings (SSSR count). The fourth-order valence-electron chi connectivity index (χ4n) is 5.44. The van der Waals surface area contributed by atoms with Gasteiger partial charge in [0, 0.05) is 47.1 Å². The Hall–Kier alpha value is -2.82. The standard InChI is InChI=1S/C24H26FN5/c1-16-5-10-20-19(14-16)23-21-4-3-12-29(21)13-11-22(23)30(20)15-24(2,27-28-26)17-6-8-18(25)9-7-17/h5-10,14,21H,3-4,11-13,15H2,1-2H3. The van der Waals surface area contributed by atoms with E-state index in [-0.39, 0.29) is 5.82 Å². The fraction of sp³-hybridized carbons (Fsp3) is 0.417. The third-order valence-corrected chi connectivity index (χ3v) is 6.90. The number of halogens is 1. The minimum absolute atomic E-state index is 0.289. The van der Waals surface area contributed by atoms with Crippen LogP contribution < -0.4 is 0 Å². The number of fused-ring (bicyclic) bond motifs is 5. The first-order valence-corrected chi connectivity index (χ1v) is 10.7. The number of hydrogen-bond donors (Lipinski definition) is 0. The minimum atomic E-state index is -0.806. The summed E-state index contributed by atoms with van der Waals surface area (Å²) in [6.07, 6.45) is 3.44. The van der Waals surface area contributed by atoms with Gasteiger partial charge in [-0.3, -0.25) is 4.90 Å². The van der Waals surface area contributed by atoms with Crippen molar-refractivity contribution < 1.29 is 4.39 Å². The third-order valence-electron chi connectivity index (χ3n) is 6.90. The summed E-state index contributed by atoms with van der Waals surface area (Å²) < 4.78 is 15.9. The lowest BCUT2D eigenvalue weighted by Crippen LogP contribution is -2.33. The molecule has 0 aliphatic carbocycles. The molecule has 1 fully saturated rings. The lowest BCUT2D eigenvalue weighted by molar-refractivity contribution is 0.240. The Balaban J connectivity index is 1.69. The molecular formula is C24H26FN5. The molecule has 5 nitrogen and oxygen atoms in total. The van der Waals surface area contributed by atoms with Crippen molar-refractivity contribution in [3.8, 4) is 0 Å². The predicted molar refractivity (Wildman–Crippen MR) is 117 cm³/mol. The zero-order valence-electron chi connectivity index (χ0n) is 17.5. The Morgan fingerprint density at radius 3 is 2.77 bits per heavy atom. The highest BCUT2D eigenvalue weighted by molar-refractivity contribution is 5.87.